The maximum atomic E-state index is 12.3. The van der Waals surface area contributed by atoms with Gasteiger partial charge in [0.2, 0.25) is 11.8 Å². The Morgan fingerprint density at radius 3 is 2.38 bits per heavy atom. The number of hydrogen-bond acceptors (Lipinski definition) is 5. The normalized spacial score (nSPS) is 21.0. The number of likely N-dealkylation sites (N-methyl/N-ethyl adjacent to an activating group) is 1. The van der Waals surface area contributed by atoms with E-state index in [1.165, 1.54) is 4.90 Å². The first-order valence-corrected chi connectivity index (χ1v) is 8.69. The summed E-state index contributed by atoms with van der Waals surface area (Å²) < 4.78 is 0. The molecule has 1 aliphatic carbocycles. The van der Waals surface area contributed by atoms with Gasteiger partial charge in [0.15, 0.2) is 0 Å². The van der Waals surface area contributed by atoms with Crippen LogP contribution in [0.25, 0.3) is 0 Å². The first-order chi connectivity index (χ1) is 11.2. The van der Waals surface area contributed by atoms with E-state index in [-0.39, 0.29) is 17.9 Å². The lowest BCUT2D eigenvalue weighted by atomic mass is 10.1. The van der Waals surface area contributed by atoms with Gasteiger partial charge in [-0.3, -0.25) is 19.4 Å². The van der Waals surface area contributed by atoms with Crippen LogP contribution in [0.4, 0.5) is 0 Å². The molecule has 0 radical (unpaired) electrons. The number of nitrogens with one attached hydrogen (secondary N) is 1. The second kappa shape index (κ2) is 7.49. The second-order valence-electron chi connectivity index (χ2n) is 7.39. The van der Waals surface area contributed by atoms with Crippen LogP contribution in [0.3, 0.4) is 0 Å². The van der Waals surface area contributed by atoms with E-state index in [2.05, 4.69) is 21.2 Å². The summed E-state index contributed by atoms with van der Waals surface area (Å²) in [5.74, 6) is 0.0621. The van der Waals surface area contributed by atoms with E-state index < -0.39 is 5.54 Å². The Morgan fingerprint density at radius 1 is 1.29 bits per heavy atom. The van der Waals surface area contributed by atoms with E-state index in [4.69, 9.17) is 5.26 Å². The van der Waals surface area contributed by atoms with Crippen molar-refractivity contribution in [1.82, 2.24) is 20.0 Å². The summed E-state index contributed by atoms with van der Waals surface area (Å²) in [5.41, 5.74) is -0.797. The number of rotatable bonds is 6. The van der Waals surface area contributed by atoms with Crippen molar-refractivity contribution in [3.05, 3.63) is 0 Å². The number of amides is 2. The average Bonchev–Trinajstić information content (AvgIpc) is 3.37. The molecule has 0 bridgehead atoms. The monoisotopic (exact) mass is 335 g/mol. The third-order valence-electron chi connectivity index (χ3n) is 5.10. The molecule has 0 unspecified atom stereocenters. The van der Waals surface area contributed by atoms with E-state index in [0.29, 0.717) is 12.6 Å². The topological polar surface area (TPSA) is 79.7 Å². The molecule has 1 N–H and O–H groups in total. The van der Waals surface area contributed by atoms with Crippen LogP contribution in [0.1, 0.15) is 33.6 Å². The van der Waals surface area contributed by atoms with Gasteiger partial charge in [-0.1, -0.05) is 0 Å². The summed E-state index contributed by atoms with van der Waals surface area (Å²) in [4.78, 5) is 30.2. The van der Waals surface area contributed by atoms with Crippen molar-refractivity contribution in [3.8, 4) is 6.07 Å². The van der Waals surface area contributed by atoms with Crippen molar-refractivity contribution in [2.75, 3.05) is 39.8 Å². The van der Waals surface area contributed by atoms with E-state index in [1.807, 2.05) is 6.92 Å². The van der Waals surface area contributed by atoms with Crippen LogP contribution in [0.5, 0.6) is 0 Å². The summed E-state index contributed by atoms with van der Waals surface area (Å²) in [7, 11) is 1.67. The molecular weight excluding hydrogens is 306 g/mol. The van der Waals surface area contributed by atoms with Gasteiger partial charge >= 0.3 is 0 Å². The summed E-state index contributed by atoms with van der Waals surface area (Å²) in [5, 5.41) is 12.2. The molecule has 24 heavy (non-hydrogen) atoms. The fourth-order valence-corrected chi connectivity index (χ4v) is 2.71. The van der Waals surface area contributed by atoms with Gasteiger partial charge < -0.3 is 10.2 Å². The minimum absolute atomic E-state index is 0.0467. The molecule has 0 aromatic heterocycles. The van der Waals surface area contributed by atoms with Gasteiger partial charge in [-0.2, -0.15) is 5.26 Å². The smallest absolute Gasteiger partial charge is 0.237 e. The molecule has 1 saturated carbocycles. The average molecular weight is 335 g/mol. The molecule has 134 valence electrons. The third kappa shape index (κ3) is 4.68. The molecule has 0 spiro atoms. The lowest BCUT2D eigenvalue weighted by molar-refractivity contribution is -0.135. The zero-order chi connectivity index (χ0) is 17.9. The number of carbonyl (C=O) groups excluding carboxylic acids is 2. The van der Waals surface area contributed by atoms with E-state index in [1.54, 1.807) is 20.9 Å². The van der Waals surface area contributed by atoms with E-state index >= 15 is 0 Å². The molecule has 1 atom stereocenters. The Kier molecular flexibility index (Phi) is 5.83. The standard InChI is InChI=1S/C17H29N5O2/c1-13(16(24)19-14-5-6-14)22-9-7-21(8-10-22)11-15(23)20(4)17(2,3)12-18/h13-14H,5-11H2,1-4H3,(H,19,24)/t13-/m1/s1. The maximum absolute atomic E-state index is 12.3. The highest BCUT2D eigenvalue weighted by Crippen LogP contribution is 2.19. The van der Waals surface area contributed by atoms with Crippen LogP contribution in [0, 0.1) is 11.3 Å². The first kappa shape index (κ1) is 18.7. The summed E-state index contributed by atoms with van der Waals surface area (Å²) >= 11 is 0. The quantitative estimate of drug-likeness (QED) is 0.741. The molecule has 2 fully saturated rings. The molecule has 1 saturated heterocycles. The molecule has 0 aromatic carbocycles. The molecule has 2 rings (SSSR count). The van der Waals surface area contributed by atoms with Crippen LogP contribution >= 0.6 is 0 Å². The molecule has 1 aliphatic heterocycles. The van der Waals surface area contributed by atoms with Crippen molar-refractivity contribution in [1.29, 1.82) is 5.26 Å². The second-order valence-corrected chi connectivity index (χ2v) is 7.39. The summed E-state index contributed by atoms with van der Waals surface area (Å²) in [6.45, 7) is 8.81. The Hall–Kier alpha value is -1.65. The van der Waals surface area contributed by atoms with Gasteiger partial charge in [0, 0.05) is 39.3 Å². The molecule has 7 nitrogen and oxygen atoms in total. The van der Waals surface area contributed by atoms with Gasteiger partial charge in [-0.05, 0) is 33.6 Å². The minimum Gasteiger partial charge on any atom is -0.352 e. The van der Waals surface area contributed by atoms with Gasteiger partial charge in [0.25, 0.3) is 0 Å². The highest BCUT2D eigenvalue weighted by atomic mass is 16.2. The van der Waals surface area contributed by atoms with Crippen molar-refractivity contribution in [3.63, 3.8) is 0 Å². The number of hydrogen-bond donors (Lipinski definition) is 1. The largest absolute Gasteiger partial charge is 0.352 e. The molecule has 2 aliphatic rings. The fraction of sp³-hybridized carbons (Fsp3) is 0.824. The van der Waals surface area contributed by atoms with Crippen LogP contribution < -0.4 is 5.32 Å². The van der Waals surface area contributed by atoms with Crippen molar-refractivity contribution < 1.29 is 9.59 Å². The Morgan fingerprint density at radius 2 is 1.88 bits per heavy atom. The van der Waals surface area contributed by atoms with Gasteiger partial charge in [-0.25, -0.2) is 0 Å². The number of nitrogens with zero attached hydrogens (tertiary/aromatic N) is 4. The molecular formula is C17H29N5O2. The number of carbonyl (C=O) groups is 2. The Balaban J connectivity index is 1.77. The van der Waals surface area contributed by atoms with Gasteiger partial charge in [-0.15, -0.1) is 0 Å². The van der Waals surface area contributed by atoms with Crippen molar-refractivity contribution in [2.45, 2.75) is 51.2 Å². The Bertz CT molecular complexity index is 516. The highest BCUT2D eigenvalue weighted by molar-refractivity contribution is 5.82. The summed E-state index contributed by atoms with van der Waals surface area (Å²) in [6, 6.07) is 2.41. The fourth-order valence-electron chi connectivity index (χ4n) is 2.71. The predicted molar refractivity (Wildman–Crippen MR) is 91.1 cm³/mol. The minimum atomic E-state index is -0.797. The van der Waals surface area contributed by atoms with E-state index in [0.717, 1.165) is 39.0 Å². The first-order valence-electron chi connectivity index (χ1n) is 8.69. The zero-order valence-corrected chi connectivity index (χ0v) is 15.2. The molecule has 1 heterocycles. The molecule has 0 aromatic rings. The van der Waals surface area contributed by atoms with Crippen LogP contribution in [0.15, 0.2) is 0 Å². The van der Waals surface area contributed by atoms with Crippen LogP contribution in [-0.4, -0.2) is 83.9 Å². The highest BCUT2D eigenvalue weighted by Gasteiger charge is 2.32. The van der Waals surface area contributed by atoms with Crippen LogP contribution in [-0.2, 0) is 9.59 Å². The number of nitriles is 1. The van der Waals surface area contributed by atoms with Crippen molar-refractivity contribution in [2.24, 2.45) is 0 Å². The Labute approximate surface area is 144 Å². The van der Waals surface area contributed by atoms with E-state index in [9.17, 15) is 9.59 Å². The molecule has 7 heteroatoms. The number of piperazine rings is 1. The predicted octanol–water partition coefficient (Wildman–Crippen LogP) is 0.0317. The van der Waals surface area contributed by atoms with Gasteiger partial charge in [0.05, 0.1) is 18.7 Å². The SMILES string of the molecule is C[C@H](C(=O)NC1CC1)N1CCN(CC(=O)N(C)C(C)(C)C#N)CC1. The zero-order valence-electron chi connectivity index (χ0n) is 15.2. The van der Waals surface area contributed by atoms with Crippen molar-refractivity contribution >= 4 is 11.8 Å². The third-order valence-corrected chi connectivity index (χ3v) is 5.10. The lowest BCUT2D eigenvalue weighted by Crippen LogP contribution is -2.56. The maximum Gasteiger partial charge on any atom is 0.237 e. The summed E-state index contributed by atoms with van der Waals surface area (Å²) in [6.07, 6.45) is 2.20. The van der Waals surface area contributed by atoms with Crippen LogP contribution in [0.2, 0.25) is 0 Å². The van der Waals surface area contributed by atoms with Gasteiger partial charge in [0.1, 0.15) is 5.54 Å². The lowest BCUT2D eigenvalue weighted by Gasteiger charge is -2.38. The molecule has 2 amide bonds.